The van der Waals surface area contributed by atoms with Crippen LogP contribution in [0.2, 0.25) is 0 Å². The summed E-state index contributed by atoms with van der Waals surface area (Å²) in [5, 5.41) is 2.45. The Morgan fingerprint density at radius 1 is 1.26 bits per heavy atom. The van der Waals surface area contributed by atoms with Gasteiger partial charge >= 0.3 is 0 Å². The van der Waals surface area contributed by atoms with Gasteiger partial charge in [0.2, 0.25) is 0 Å². The molecule has 0 N–H and O–H groups in total. The number of nitrogens with zero attached hydrogens (tertiary/aromatic N) is 3. The molecular weight excluding hydrogens is 354 g/mol. The molecule has 1 aliphatic rings. The van der Waals surface area contributed by atoms with E-state index in [1.165, 1.54) is 10.8 Å². The Morgan fingerprint density at radius 2 is 2.13 bits per heavy atom. The third-order valence-electron chi connectivity index (χ3n) is 4.69. The van der Waals surface area contributed by atoms with Crippen LogP contribution in [0.15, 0.2) is 34.9 Å². The Bertz CT molecular complexity index is 664. The first kappa shape index (κ1) is 16.7. The number of pyridine rings is 1. The molecule has 1 atom stereocenters. The van der Waals surface area contributed by atoms with E-state index in [-0.39, 0.29) is 0 Å². The van der Waals surface area contributed by atoms with Gasteiger partial charge in [-0.05, 0) is 18.6 Å². The maximum Gasteiger partial charge on any atom is 0.136 e. The molecule has 23 heavy (non-hydrogen) atoms. The number of hydrogen-bond donors (Lipinski definition) is 0. The van der Waals surface area contributed by atoms with E-state index in [2.05, 4.69) is 61.9 Å². The zero-order valence-corrected chi connectivity index (χ0v) is 15.4. The van der Waals surface area contributed by atoms with Gasteiger partial charge in [-0.15, -0.1) is 0 Å². The normalized spacial score (nSPS) is 19.4. The molecule has 0 bridgehead atoms. The summed E-state index contributed by atoms with van der Waals surface area (Å²) in [5.41, 5.74) is 0. The summed E-state index contributed by atoms with van der Waals surface area (Å²) in [6.07, 6.45) is 3.06. The molecule has 0 spiro atoms. The van der Waals surface area contributed by atoms with Crippen molar-refractivity contribution in [3.05, 3.63) is 34.9 Å². The molecule has 124 valence electrons. The fraction of sp³-hybridized carbons (Fsp3) is 0.500. The summed E-state index contributed by atoms with van der Waals surface area (Å²) in [5.74, 6) is 1.11. The zero-order valence-electron chi connectivity index (χ0n) is 13.8. The van der Waals surface area contributed by atoms with Crippen molar-refractivity contribution < 1.29 is 4.74 Å². The Morgan fingerprint density at radius 3 is 2.91 bits per heavy atom. The van der Waals surface area contributed by atoms with E-state index in [0.29, 0.717) is 6.04 Å². The Balaban J connectivity index is 1.85. The van der Waals surface area contributed by atoms with Crippen LogP contribution in [0.5, 0.6) is 0 Å². The highest BCUT2D eigenvalue weighted by atomic mass is 79.9. The monoisotopic (exact) mass is 377 g/mol. The number of aromatic nitrogens is 1. The number of anilines is 1. The fourth-order valence-electron chi connectivity index (χ4n) is 3.38. The van der Waals surface area contributed by atoms with Crippen molar-refractivity contribution >= 4 is 32.5 Å². The van der Waals surface area contributed by atoms with Crippen LogP contribution in [-0.2, 0) is 4.74 Å². The minimum absolute atomic E-state index is 0.558. The molecule has 1 saturated heterocycles. The standard InChI is InChI=1S/C18H24BrN3O/c1-3-14-13-22(10-9-21(14)11-12-23-2)18-16-5-4-6-17(19)15(16)7-8-20-18/h4-8,14H,3,9-13H2,1-2H3/t14-/m0/s1. The molecule has 0 radical (unpaired) electrons. The molecule has 1 aromatic heterocycles. The molecule has 3 rings (SSSR count). The molecule has 1 fully saturated rings. The molecule has 4 nitrogen and oxygen atoms in total. The molecule has 0 unspecified atom stereocenters. The van der Waals surface area contributed by atoms with Gasteiger partial charge < -0.3 is 9.64 Å². The van der Waals surface area contributed by atoms with Crippen LogP contribution >= 0.6 is 15.9 Å². The lowest BCUT2D eigenvalue weighted by Crippen LogP contribution is -2.54. The van der Waals surface area contributed by atoms with E-state index in [0.717, 1.165) is 49.5 Å². The summed E-state index contributed by atoms with van der Waals surface area (Å²) in [7, 11) is 1.77. The summed E-state index contributed by atoms with van der Waals surface area (Å²) >= 11 is 3.65. The molecule has 5 heteroatoms. The number of halogens is 1. The summed E-state index contributed by atoms with van der Waals surface area (Å²) in [6.45, 7) is 7.18. The molecular formula is C18H24BrN3O. The number of hydrogen-bond acceptors (Lipinski definition) is 4. The van der Waals surface area contributed by atoms with Gasteiger partial charge in [-0.3, -0.25) is 4.90 Å². The second-order valence-electron chi connectivity index (χ2n) is 6.01. The number of piperazine rings is 1. The van der Waals surface area contributed by atoms with E-state index in [9.17, 15) is 0 Å². The van der Waals surface area contributed by atoms with Gasteiger partial charge in [0.25, 0.3) is 0 Å². The van der Waals surface area contributed by atoms with E-state index >= 15 is 0 Å². The number of ether oxygens (including phenoxy) is 1. The SMILES string of the molecule is CC[C@H]1CN(c2nccc3c(Br)cccc23)CCN1CCOC. The summed E-state index contributed by atoms with van der Waals surface area (Å²) in [6, 6.07) is 8.98. The van der Waals surface area contributed by atoms with E-state index in [4.69, 9.17) is 4.74 Å². The largest absolute Gasteiger partial charge is 0.383 e. The lowest BCUT2D eigenvalue weighted by molar-refractivity contribution is 0.109. The molecule has 2 heterocycles. The van der Waals surface area contributed by atoms with Crippen molar-refractivity contribution in [3.63, 3.8) is 0 Å². The highest BCUT2D eigenvalue weighted by Crippen LogP contribution is 2.31. The molecule has 0 aliphatic carbocycles. The second-order valence-corrected chi connectivity index (χ2v) is 6.86. The van der Waals surface area contributed by atoms with Crippen molar-refractivity contribution in [2.45, 2.75) is 19.4 Å². The van der Waals surface area contributed by atoms with Crippen LogP contribution in [0.1, 0.15) is 13.3 Å². The highest BCUT2D eigenvalue weighted by molar-refractivity contribution is 9.10. The third-order valence-corrected chi connectivity index (χ3v) is 5.38. The average Bonchev–Trinajstić information content (AvgIpc) is 2.60. The van der Waals surface area contributed by atoms with Gasteiger partial charge in [-0.1, -0.05) is 35.0 Å². The third kappa shape index (κ3) is 3.52. The maximum absolute atomic E-state index is 5.25. The van der Waals surface area contributed by atoms with Gasteiger partial charge in [-0.25, -0.2) is 4.98 Å². The van der Waals surface area contributed by atoms with Crippen molar-refractivity contribution in [2.75, 3.05) is 44.8 Å². The van der Waals surface area contributed by atoms with Gasteiger partial charge in [-0.2, -0.15) is 0 Å². The Kier molecular flexibility index (Phi) is 5.51. The van der Waals surface area contributed by atoms with Gasteiger partial charge in [0.05, 0.1) is 6.61 Å². The fourth-order valence-corrected chi connectivity index (χ4v) is 3.88. The summed E-state index contributed by atoms with van der Waals surface area (Å²) in [4.78, 5) is 9.67. The summed E-state index contributed by atoms with van der Waals surface area (Å²) < 4.78 is 6.38. The smallest absolute Gasteiger partial charge is 0.136 e. The van der Waals surface area contributed by atoms with Crippen molar-refractivity contribution in [3.8, 4) is 0 Å². The first-order valence-electron chi connectivity index (χ1n) is 8.25. The molecule has 1 aromatic carbocycles. The second kappa shape index (κ2) is 7.60. The van der Waals surface area contributed by atoms with Crippen LogP contribution < -0.4 is 4.90 Å². The van der Waals surface area contributed by atoms with Crippen LogP contribution in [0.3, 0.4) is 0 Å². The topological polar surface area (TPSA) is 28.6 Å². The predicted octanol–water partition coefficient (Wildman–Crippen LogP) is 3.54. The zero-order chi connectivity index (χ0) is 16.2. The number of fused-ring (bicyclic) bond motifs is 1. The van der Waals surface area contributed by atoms with Crippen molar-refractivity contribution in [2.24, 2.45) is 0 Å². The van der Waals surface area contributed by atoms with E-state index < -0.39 is 0 Å². The predicted molar refractivity (Wildman–Crippen MR) is 99.2 cm³/mol. The molecule has 0 saturated carbocycles. The lowest BCUT2D eigenvalue weighted by atomic mass is 10.1. The van der Waals surface area contributed by atoms with Crippen LogP contribution in [0, 0.1) is 0 Å². The number of rotatable bonds is 5. The molecule has 1 aliphatic heterocycles. The van der Waals surface area contributed by atoms with Crippen molar-refractivity contribution in [1.82, 2.24) is 9.88 Å². The number of methoxy groups -OCH3 is 1. The first-order chi connectivity index (χ1) is 11.2. The molecule has 2 aromatic rings. The minimum atomic E-state index is 0.558. The van der Waals surface area contributed by atoms with Crippen LogP contribution in [0.25, 0.3) is 10.8 Å². The first-order valence-corrected chi connectivity index (χ1v) is 9.05. The highest BCUT2D eigenvalue weighted by Gasteiger charge is 2.27. The molecule has 0 amide bonds. The van der Waals surface area contributed by atoms with E-state index in [1.54, 1.807) is 7.11 Å². The lowest BCUT2D eigenvalue weighted by Gasteiger charge is -2.42. The van der Waals surface area contributed by atoms with Crippen LogP contribution in [-0.4, -0.2) is 55.8 Å². The average molecular weight is 378 g/mol. The van der Waals surface area contributed by atoms with Gasteiger partial charge in [0.15, 0.2) is 0 Å². The van der Waals surface area contributed by atoms with E-state index in [1.807, 2.05) is 6.20 Å². The Labute approximate surface area is 146 Å². The Hall–Kier alpha value is -1.17. The van der Waals surface area contributed by atoms with Crippen molar-refractivity contribution in [1.29, 1.82) is 0 Å². The maximum atomic E-state index is 5.25. The number of benzene rings is 1. The quantitative estimate of drug-likeness (QED) is 0.796. The van der Waals surface area contributed by atoms with Gasteiger partial charge in [0.1, 0.15) is 5.82 Å². The van der Waals surface area contributed by atoms with Crippen LogP contribution in [0.4, 0.5) is 5.82 Å². The van der Waals surface area contributed by atoms with Gasteiger partial charge in [0, 0.05) is 60.8 Å². The minimum Gasteiger partial charge on any atom is -0.383 e.